The smallest absolute Gasteiger partial charge is 0.130 e. The summed E-state index contributed by atoms with van der Waals surface area (Å²) in [5.74, 6) is -0.00818. The van der Waals surface area contributed by atoms with Crippen molar-refractivity contribution in [2.45, 2.75) is 32.6 Å². The molecule has 3 aromatic carbocycles. The van der Waals surface area contributed by atoms with Crippen LogP contribution in [0.25, 0.3) is 22.3 Å². The topological polar surface area (TPSA) is 23.8 Å². The molecule has 0 radical (unpaired) electrons. The maximum absolute atomic E-state index is 14.8. The van der Waals surface area contributed by atoms with Crippen LogP contribution in [0.5, 0.6) is 0 Å². The van der Waals surface area contributed by atoms with Gasteiger partial charge in [-0.05, 0) is 70.3 Å². The highest BCUT2D eigenvalue weighted by Crippen LogP contribution is 2.38. The van der Waals surface area contributed by atoms with Crippen LogP contribution in [0.15, 0.2) is 54.6 Å². The zero-order chi connectivity index (χ0) is 18.1. The van der Waals surface area contributed by atoms with Gasteiger partial charge in [-0.1, -0.05) is 55.8 Å². The largest absolute Gasteiger partial charge is 0.206 e. The van der Waals surface area contributed by atoms with Gasteiger partial charge in [0.1, 0.15) is 5.82 Å². The fourth-order valence-electron chi connectivity index (χ4n) is 3.87. The second kappa shape index (κ2) is 6.77. The fourth-order valence-corrected chi connectivity index (χ4v) is 3.87. The van der Waals surface area contributed by atoms with Gasteiger partial charge in [-0.25, -0.2) is 4.39 Å². The normalized spacial score (nSPS) is 12.2. The summed E-state index contributed by atoms with van der Waals surface area (Å²) in [7, 11) is 0. The summed E-state index contributed by atoms with van der Waals surface area (Å²) in [6.07, 6.45) is 3.37. The minimum Gasteiger partial charge on any atom is -0.206 e. The van der Waals surface area contributed by atoms with Gasteiger partial charge >= 0.3 is 0 Å². The molecule has 0 unspecified atom stereocenters. The van der Waals surface area contributed by atoms with E-state index in [0.717, 1.165) is 59.1 Å². The van der Waals surface area contributed by atoms with Gasteiger partial charge in [0, 0.05) is 0 Å². The molecular formula is C24H20FN. The van der Waals surface area contributed by atoms with Crippen LogP contribution < -0.4 is 0 Å². The average Bonchev–Trinajstić information content (AvgIpc) is 2.69. The van der Waals surface area contributed by atoms with Gasteiger partial charge < -0.3 is 0 Å². The van der Waals surface area contributed by atoms with E-state index in [2.05, 4.69) is 37.3 Å². The lowest BCUT2D eigenvalue weighted by atomic mass is 9.82. The molecule has 1 aliphatic rings. The fraction of sp³-hybridized carbons (Fsp3) is 0.208. The van der Waals surface area contributed by atoms with Crippen molar-refractivity contribution in [2.75, 3.05) is 0 Å². The Morgan fingerprint density at radius 1 is 0.923 bits per heavy atom. The SMILES string of the molecule is CCCc1ccc2c(c1F)CCc1cc(-c3ccc(C#N)cc3)ccc1-2. The van der Waals surface area contributed by atoms with Crippen LogP contribution in [-0.4, -0.2) is 0 Å². The Labute approximate surface area is 153 Å². The van der Waals surface area contributed by atoms with Crippen molar-refractivity contribution in [3.8, 4) is 28.3 Å². The van der Waals surface area contributed by atoms with Crippen LogP contribution in [-0.2, 0) is 19.3 Å². The van der Waals surface area contributed by atoms with Crippen LogP contribution in [0.2, 0.25) is 0 Å². The van der Waals surface area contributed by atoms with Crippen LogP contribution in [0, 0.1) is 17.1 Å². The van der Waals surface area contributed by atoms with Gasteiger partial charge in [-0.15, -0.1) is 0 Å². The highest BCUT2D eigenvalue weighted by atomic mass is 19.1. The van der Waals surface area contributed by atoms with Gasteiger partial charge in [0.25, 0.3) is 0 Å². The number of hydrogen-bond donors (Lipinski definition) is 0. The van der Waals surface area contributed by atoms with Gasteiger partial charge in [0.2, 0.25) is 0 Å². The number of halogens is 1. The minimum atomic E-state index is -0.00818. The Hall–Kier alpha value is -2.92. The van der Waals surface area contributed by atoms with Crippen molar-refractivity contribution in [3.05, 3.63) is 82.7 Å². The third-order valence-electron chi connectivity index (χ3n) is 5.23. The van der Waals surface area contributed by atoms with Crippen LogP contribution >= 0.6 is 0 Å². The summed E-state index contributed by atoms with van der Waals surface area (Å²) in [4.78, 5) is 0. The Morgan fingerprint density at radius 3 is 2.38 bits per heavy atom. The van der Waals surface area contributed by atoms with E-state index in [0.29, 0.717) is 5.56 Å². The lowest BCUT2D eigenvalue weighted by Crippen LogP contribution is -2.08. The number of benzene rings is 3. The third-order valence-corrected chi connectivity index (χ3v) is 5.23. The molecule has 0 bridgehead atoms. The van der Waals surface area contributed by atoms with E-state index >= 15 is 0 Å². The summed E-state index contributed by atoms with van der Waals surface area (Å²) in [6, 6.07) is 20.2. The Kier molecular flexibility index (Phi) is 4.31. The molecule has 2 heteroatoms. The quantitative estimate of drug-likeness (QED) is 0.566. The first-order chi connectivity index (χ1) is 12.7. The molecule has 0 atom stereocenters. The number of hydrogen-bond acceptors (Lipinski definition) is 1. The first-order valence-electron chi connectivity index (χ1n) is 9.15. The zero-order valence-electron chi connectivity index (χ0n) is 14.8. The number of nitriles is 1. The van der Waals surface area contributed by atoms with Gasteiger partial charge in [-0.2, -0.15) is 5.26 Å². The highest BCUT2D eigenvalue weighted by molar-refractivity contribution is 5.77. The molecule has 0 aliphatic heterocycles. The first-order valence-corrected chi connectivity index (χ1v) is 9.15. The molecule has 4 rings (SSSR count). The van der Waals surface area contributed by atoms with E-state index in [9.17, 15) is 4.39 Å². The maximum Gasteiger partial charge on any atom is 0.130 e. The number of rotatable bonds is 3. The summed E-state index contributed by atoms with van der Waals surface area (Å²) in [6.45, 7) is 2.08. The Balaban J connectivity index is 1.75. The van der Waals surface area contributed by atoms with Crippen molar-refractivity contribution < 1.29 is 4.39 Å². The average molecular weight is 341 g/mol. The van der Waals surface area contributed by atoms with Gasteiger partial charge in [0.15, 0.2) is 0 Å². The van der Waals surface area contributed by atoms with Crippen molar-refractivity contribution in [3.63, 3.8) is 0 Å². The van der Waals surface area contributed by atoms with E-state index in [-0.39, 0.29) is 5.82 Å². The Morgan fingerprint density at radius 2 is 1.65 bits per heavy atom. The van der Waals surface area contributed by atoms with Crippen LogP contribution in [0.1, 0.15) is 35.6 Å². The third kappa shape index (κ3) is 2.80. The predicted molar refractivity (Wildman–Crippen MR) is 103 cm³/mol. The van der Waals surface area contributed by atoms with E-state index in [4.69, 9.17) is 5.26 Å². The minimum absolute atomic E-state index is 0.00818. The molecule has 1 aliphatic carbocycles. The molecule has 0 N–H and O–H groups in total. The summed E-state index contributed by atoms with van der Waals surface area (Å²) >= 11 is 0. The molecular weight excluding hydrogens is 321 g/mol. The molecule has 26 heavy (non-hydrogen) atoms. The van der Waals surface area contributed by atoms with E-state index in [1.54, 1.807) is 0 Å². The monoisotopic (exact) mass is 341 g/mol. The van der Waals surface area contributed by atoms with Crippen LogP contribution in [0.3, 0.4) is 0 Å². The molecule has 0 fully saturated rings. The molecule has 0 heterocycles. The van der Waals surface area contributed by atoms with Gasteiger partial charge in [0.05, 0.1) is 11.6 Å². The lowest BCUT2D eigenvalue weighted by Gasteiger charge is -2.22. The second-order valence-electron chi connectivity index (χ2n) is 6.88. The number of fused-ring (bicyclic) bond motifs is 3. The zero-order valence-corrected chi connectivity index (χ0v) is 14.8. The van der Waals surface area contributed by atoms with E-state index < -0.39 is 0 Å². The standard InChI is InChI=1S/C24H20FN/c1-2-3-18-8-12-22-21-11-9-19(17-6-4-16(15-26)5-7-17)14-20(21)10-13-23(22)24(18)25/h4-9,11-12,14H,2-3,10,13H2,1H3. The van der Waals surface area contributed by atoms with Crippen molar-refractivity contribution >= 4 is 0 Å². The summed E-state index contributed by atoms with van der Waals surface area (Å²) < 4.78 is 14.8. The van der Waals surface area contributed by atoms with E-state index in [1.165, 1.54) is 5.56 Å². The summed E-state index contributed by atoms with van der Waals surface area (Å²) in [5, 5.41) is 8.95. The molecule has 0 saturated heterocycles. The molecule has 0 amide bonds. The molecule has 0 aromatic heterocycles. The first kappa shape index (κ1) is 16.5. The second-order valence-corrected chi connectivity index (χ2v) is 6.88. The maximum atomic E-state index is 14.8. The molecule has 128 valence electrons. The molecule has 3 aromatic rings. The van der Waals surface area contributed by atoms with Crippen LogP contribution in [0.4, 0.5) is 4.39 Å². The van der Waals surface area contributed by atoms with Crippen molar-refractivity contribution in [1.29, 1.82) is 5.26 Å². The predicted octanol–water partition coefficient (Wildman–Crippen LogP) is 6.08. The van der Waals surface area contributed by atoms with Crippen molar-refractivity contribution in [2.24, 2.45) is 0 Å². The summed E-state index contributed by atoms with van der Waals surface area (Å²) in [5.41, 5.74) is 8.06. The lowest BCUT2D eigenvalue weighted by molar-refractivity contribution is 0.589. The highest BCUT2D eigenvalue weighted by Gasteiger charge is 2.21. The molecule has 0 saturated carbocycles. The molecule has 0 spiro atoms. The molecule has 1 nitrogen and oxygen atoms in total. The number of aryl methyl sites for hydroxylation is 2. The van der Waals surface area contributed by atoms with E-state index in [1.807, 2.05) is 30.3 Å². The number of nitrogens with zero attached hydrogens (tertiary/aromatic N) is 1. The Bertz CT molecular complexity index is 1010. The van der Waals surface area contributed by atoms with Crippen molar-refractivity contribution in [1.82, 2.24) is 0 Å². The van der Waals surface area contributed by atoms with Gasteiger partial charge in [-0.3, -0.25) is 0 Å².